The molecule has 0 aromatic heterocycles. The number of hydrogen-bond acceptors (Lipinski definition) is 4. The number of sulfonamides is 1. The summed E-state index contributed by atoms with van der Waals surface area (Å²) >= 11 is 19.0. The van der Waals surface area contributed by atoms with Gasteiger partial charge in [0.05, 0.1) is 20.6 Å². The molecule has 7 nitrogen and oxygen atoms in total. The summed E-state index contributed by atoms with van der Waals surface area (Å²) < 4.78 is 29.4. The van der Waals surface area contributed by atoms with Gasteiger partial charge in [0.15, 0.2) is 0 Å². The largest absolute Gasteiger partial charge is 0.352 e. The molecule has 46 heavy (non-hydrogen) atoms. The molecule has 0 aliphatic carbocycles. The van der Waals surface area contributed by atoms with Gasteiger partial charge in [0.1, 0.15) is 12.6 Å². The zero-order chi connectivity index (χ0) is 33.4. The number of amides is 2. The number of nitrogens with one attached hydrogen (secondary N) is 1. The number of halogens is 3. The van der Waals surface area contributed by atoms with Gasteiger partial charge in [0.2, 0.25) is 11.8 Å². The highest BCUT2D eigenvalue weighted by Crippen LogP contribution is 2.35. The van der Waals surface area contributed by atoms with Crippen LogP contribution in [0.2, 0.25) is 15.1 Å². The van der Waals surface area contributed by atoms with Crippen LogP contribution in [-0.4, -0.2) is 43.8 Å². The number of carbonyl (C=O) groups is 2. The second-order valence-corrected chi connectivity index (χ2v) is 14.2. The highest BCUT2D eigenvalue weighted by Gasteiger charge is 2.35. The Bertz CT molecular complexity index is 1750. The number of anilines is 1. The Morgan fingerprint density at radius 2 is 1.48 bits per heavy atom. The molecule has 0 saturated carbocycles. The summed E-state index contributed by atoms with van der Waals surface area (Å²) in [7, 11) is -4.32. The number of hydrogen-bond donors (Lipinski definition) is 1. The van der Waals surface area contributed by atoms with Crippen molar-refractivity contribution in [3.8, 4) is 0 Å². The Balaban J connectivity index is 1.83. The lowest BCUT2D eigenvalue weighted by atomic mass is 10.0. The van der Waals surface area contributed by atoms with E-state index in [1.165, 1.54) is 29.2 Å². The van der Waals surface area contributed by atoms with Gasteiger partial charge in [0.25, 0.3) is 10.0 Å². The molecule has 0 aliphatic rings. The zero-order valence-electron chi connectivity index (χ0n) is 25.8. The van der Waals surface area contributed by atoms with E-state index in [-0.39, 0.29) is 45.5 Å². The third kappa shape index (κ3) is 8.82. The smallest absolute Gasteiger partial charge is 0.264 e. The van der Waals surface area contributed by atoms with E-state index < -0.39 is 28.5 Å². The lowest BCUT2D eigenvalue weighted by molar-refractivity contribution is -0.140. The monoisotopic (exact) mass is 699 g/mol. The molecular formula is C35H36Cl3N3O4S. The predicted molar refractivity (Wildman–Crippen MR) is 186 cm³/mol. The molecule has 0 fully saturated rings. The molecular weight excluding hydrogens is 665 g/mol. The first kappa shape index (κ1) is 35.3. The van der Waals surface area contributed by atoms with E-state index >= 15 is 0 Å². The maximum Gasteiger partial charge on any atom is 0.264 e. The Labute approximate surface area is 286 Å². The second kappa shape index (κ2) is 15.8. The molecule has 1 N–H and O–H groups in total. The Morgan fingerprint density at radius 3 is 2.11 bits per heavy atom. The van der Waals surface area contributed by atoms with E-state index in [9.17, 15) is 18.0 Å². The molecule has 0 bridgehead atoms. The van der Waals surface area contributed by atoms with Crippen molar-refractivity contribution in [1.29, 1.82) is 0 Å². The molecule has 4 aromatic rings. The first-order valence-electron chi connectivity index (χ1n) is 14.8. The van der Waals surface area contributed by atoms with E-state index in [1.54, 1.807) is 42.5 Å². The number of carbonyl (C=O) groups excluding carboxylic acids is 2. The molecule has 2 amide bonds. The van der Waals surface area contributed by atoms with Crippen molar-refractivity contribution >= 4 is 62.3 Å². The minimum atomic E-state index is -4.32. The van der Waals surface area contributed by atoms with Gasteiger partial charge in [-0.2, -0.15) is 0 Å². The minimum absolute atomic E-state index is 0.0170. The van der Waals surface area contributed by atoms with Crippen molar-refractivity contribution in [1.82, 2.24) is 10.2 Å². The van der Waals surface area contributed by atoms with Crippen LogP contribution in [0.4, 0.5) is 5.69 Å². The van der Waals surface area contributed by atoms with Crippen LogP contribution >= 0.6 is 34.8 Å². The van der Waals surface area contributed by atoms with Crippen LogP contribution in [0.5, 0.6) is 0 Å². The van der Waals surface area contributed by atoms with Crippen molar-refractivity contribution in [2.45, 2.75) is 57.1 Å². The van der Waals surface area contributed by atoms with Crippen molar-refractivity contribution in [3.63, 3.8) is 0 Å². The highest BCUT2D eigenvalue weighted by molar-refractivity contribution is 7.92. The summed E-state index contributed by atoms with van der Waals surface area (Å²) in [4.78, 5) is 29.9. The third-order valence-electron chi connectivity index (χ3n) is 7.63. The zero-order valence-corrected chi connectivity index (χ0v) is 28.9. The fourth-order valence-corrected chi connectivity index (χ4v) is 6.82. The van der Waals surface area contributed by atoms with Crippen LogP contribution in [0.15, 0.2) is 102 Å². The molecule has 0 radical (unpaired) electrons. The number of nitrogens with zero attached hydrogens (tertiary/aromatic N) is 2. The van der Waals surface area contributed by atoms with Crippen molar-refractivity contribution < 1.29 is 18.0 Å². The molecule has 2 atom stereocenters. The summed E-state index contributed by atoms with van der Waals surface area (Å²) in [5.74, 6) is -0.962. The predicted octanol–water partition coefficient (Wildman–Crippen LogP) is 7.71. The molecule has 11 heteroatoms. The van der Waals surface area contributed by atoms with E-state index in [2.05, 4.69) is 5.32 Å². The lowest BCUT2D eigenvalue weighted by Gasteiger charge is -2.34. The molecule has 0 aliphatic heterocycles. The molecule has 4 aromatic carbocycles. The van der Waals surface area contributed by atoms with E-state index in [0.29, 0.717) is 17.0 Å². The Morgan fingerprint density at radius 1 is 0.826 bits per heavy atom. The summed E-state index contributed by atoms with van der Waals surface area (Å²) in [6.45, 7) is 5.06. The van der Waals surface area contributed by atoms with Crippen molar-refractivity contribution in [2.24, 2.45) is 0 Å². The lowest BCUT2D eigenvalue weighted by Crippen LogP contribution is -2.54. The Kier molecular flexibility index (Phi) is 12.1. The summed E-state index contributed by atoms with van der Waals surface area (Å²) in [6.07, 6.45) is 0.885. The topological polar surface area (TPSA) is 86.8 Å². The second-order valence-electron chi connectivity index (χ2n) is 11.1. The van der Waals surface area contributed by atoms with Gasteiger partial charge in [-0.3, -0.25) is 13.9 Å². The molecule has 0 saturated heterocycles. The SMILES string of the molecule is CC[C@H](C)NC(=O)[C@H](Cc1ccccc1)N(Cc1ccc(Cl)cc1)C(=O)CN(c1cccc(Cl)c1Cl)S(=O)(=O)c1ccc(C)cc1. The standard InChI is InChI=1S/C35H36Cl3N3O4S/c1-4-25(3)39-35(43)32(21-26-9-6-5-7-10-26)40(22-27-15-17-28(36)18-16-27)33(42)23-41(31-12-8-11-30(37)34(31)38)46(44,45)29-19-13-24(2)14-20-29/h5-20,25,32H,4,21-23H2,1-3H3,(H,39,43)/t25-,32-/m0/s1. The molecule has 0 unspecified atom stereocenters. The van der Waals surface area contributed by atoms with Gasteiger partial charge < -0.3 is 10.2 Å². The summed E-state index contributed by atoms with van der Waals surface area (Å²) in [5, 5.41) is 3.64. The van der Waals surface area contributed by atoms with E-state index in [0.717, 1.165) is 15.4 Å². The normalized spacial score (nSPS) is 12.7. The summed E-state index contributed by atoms with van der Waals surface area (Å²) in [6, 6.07) is 26.1. The highest BCUT2D eigenvalue weighted by atomic mass is 35.5. The van der Waals surface area contributed by atoms with Crippen LogP contribution in [0.3, 0.4) is 0 Å². The van der Waals surface area contributed by atoms with Crippen LogP contribution in [0, 0.1) is 6.92 Å². The Hall–Kier alpha value is -3.56. The van der Waals surface area contributed by atoms with E-state index in [1.807, 2.05) is 51.1 Å². The van der Waals surface area contributed by atoms with Gasteiger partial charge in [0, 0.05) is 24.0 Å². The van der Waals surface area contributed by atoms with Gasteiger partial charge >= 0.3 is 0 Å². The molecule has 242 valence electrons. The summed E-state index contributed by atoms with van der Waals surface area (Å²) in [5.41, 5.74) is 2.45. The third-order valence-corrected chi connectivity index (χ3v) is 10.5. The maximum atomic E-state index is 14.6. The van der Waals surface area contributed by atoms with Crippen LogP contribution in [-0.2, 0) is 32.6 Å². The van der Waals surface area contributed by atoms with Gasteiger partial charge in [-0.1, -0.05) is 108 Å². The fourth-order valence-electron chi connectivity index (χ4n) is 4.82. The van der Waals surface area contributed by atoms with Crippen molar-refractivity contribution in [2.75, 3.05) is 10.8 Å². The number of benzene rings is 4. The van der Waals surface area contributed by atoms with Gasteiger partial charge in [-0.05, 0) is 67.8 Å². The van der Waals surface area contributed by atoms with Crippen LogP contribution in [0.25, 0.3) is 0 Å². The fraction of sp³-hybridized carbons (Fsp3) is 0.257. The maximum absolute atomic E-state index is 14.6. The first-order valence-corrected chi connectivity index (χ1v) is 17.4. The van der Waals surface area contributed by atoms with Crippen molar-refractivity contribution in [3.05, 3.63) is 129 Å². The van der Waals surface area contributed by atoms with Gasteiger partial charge in [-0.25, -0.2) is 8.42 Å². The average Bonchev–Trinajstić information content (AvgIpc) is 3.04. The van der Waals surface area contributed by atoms with Gasteiger partial charge in [-0.15, -0.1) is 0 Å². The van der Waals surface area contributed by atoms with Crippen LogP contribution < -0.4 is 9.62 Å². The van der Waals surface area contributed by atoms with Crippen LogP contribution in [0.1, 0.15) is 37.0 Å². The molecule has 0 heterocycles. The number of rotatable bonds is 13. The average molecular weight is 701 g/mol. The quantitative estimate of drug-likeness (QED) is 0.155. The molecule has 4 rings (SSSR count). The minimum Gasteiger partial charge on any atom is -0.352 e. The van der Waals surface area contributed by atoms with E-state index in [4.69, 9.17) is 34.8 Å². The first-order chi connectivity index (χ1) is 21.9. The molecule has 0 spiro atoms. The number of aryl methyl sites for hydroxylation is 1.